The third kappa shape index (κ3) is 6.05. The van der Waals surface area contributed by atoms with E-state index in [2.05, 4.69) is 4.74 Å². The zero-order chi connectivity index (χ0) is 21.3. The standard InChI is InChI=1S/C17H26ClF3O4Si2/c1-23-15(22)16(17(19,20)21,25-27(5,6)7)14(24-26(2,3)4)12-9-8-10-13(18)11-12/h8-11,14H,1-7H3. The van der Waals surface area contributed by atoms with Crippen LogP contribution in [0.5, 0.6) is 0 Å². The quantitative estimate of drug-likeness (QED) is 0.409. The van der Waals surface area contributed by atoms with Crippen LogP contribution >= 0.6 is 11.6 Å². The first-order chi connectivity index (χ1) is 12.0. The van der Waals surface area contributed by atoms with Gasteiger partial charge in [0.25, 0.3) is 5.60 Å². The molecule has 0 radical (unpaired) electrons. The van der Waals surface area contributed by atoms with E-state index in [1.807, 2.05) is 0 Å². The van der Waals surface area contributed by atoms with Gasteiger partial charge < -0.3 is 13.6 Å². The highest BCUT2D eigenvalue weighted by molar-refractivity contribution is 6.70. The molecule has 2 unspecified atom stereocenters. The molecule has 1 rings (SSSR count). The largest absolute Gasteiger partial charge is 0.467 e. The van der Waals surface area contributed by atoms with E-state index in [-0.39, 0.29) is 10.6 Å². The van der Waals surface area contributed by atoms with E-state index in [0.29, 0.717) is 0 Å². The van der Waals surface area contributed by atoms with Crippen molar-refractivity contribution in [2.24, 2.45) is 0 Å². The van der Waals surface area contributed by atoms with E-state index < -0.39 is 40.5 Å². The van der Waals surface area contributed by atoms with Gasteiger partial charge in [0.15, 0.2) is 16.6 Å². The zero-order valence-electron chi connectivity index (χ0n) is 16.5. The molecule has 0 aliphatic heterocycles. The average molecular weight is 443 g/mol. The number of esters is 1. The van der Waals surface area contributed by atoms with Crippen LogP contribution in [0.1, 0.15) is 11.7 Å². The maximum Gasteiger partial charge on any atom is 0.430 e. The Morgan fingerprint density at radius 3 is 2.00 bits per heavy atom. The summed E-state index contributed by atoms with van der Waals surface area (Å²) in [6.45, 7) is 9.91. The van der Waals surface area contributed by atoms with Gasteiger partial charge in [-0.25, -0.2) is 4.79 Å². The molecule has 0 saturated carbocycles. The molecule has 10 heteroatoms. The number of rotatable bonds is 7. The summed E-state index contributed by atoms with van der Waals surface area (Å²) in [5.74, 6) is -1.54. The Balaban J connectivity index is 3.84. The van der Waals surface area contributed by atoms with Gasteiger partial charge in [-0.3, -0.25) is 0 Å². The molecule has 0 aliphatic carbocycles. The van der Waals surface area contributed by atoms with Gasteiger partial charge >= 0.3 is 12.1 Å². The molecular weight excluding hydrogens is 417 g/mol. The summed E-state index contributed by atoms with van der Waals surface area (Å²) in [7, 11) is -4.54. The number of benzene rings is 1. The summed E-state index contributed by atoms with van der Waals surface area (Å²) in [5, 5.41) is 0.227. The fourth-order valence-electron chi connectivity index (χ4n) is 2.57. The fourth-order valence-corrected chi connectivity index (χ4v) is 5.05. The van der Waals surface area contributed by atoms with E-state index in [9.17, 15) is 18.0 Å². The summed E-state index contributed by atoms with van der Waals surface area (Å²) >= 11 is 6.00. The lowest BCUT2D eigenvalue weighted by Gasteiger charge is -2.44. The van der Waals surface area contributed by atoms with Gasteiger partial charge in [-0.2, -0.15) is 13.2 Å². The molecule has 0 spiro atoms. The van der Waals surface area contributed by atoms with Gasteiger partial charge in [0.1, 0.15) is 6.10 Å². The molecule has 1 aromatic rings. The van der Waals surface area contributed by atoms with Crippen molar-refractivity contribution in [2.45, 2.75) is 57.2 Å². The number of carbonyl (C=O) groups excluding carboxylic acids is 1. The lowest BCUT2D eigenvalue weighted by atomic mass is 9.90. The minimum absolute atomic E-state index is 0.103. The van der Waals surface area contributed by atoms with Crippen molar-refractivity contribution in [1.29, 1.82) is 0 Å². The van der Waals surface area contributed by atoms with E-state index in [1.54, 1.807) is 39.3 Å². The molecule has 2 atom stereocenters. The van der Waals surface area contributed by atoms with Crippen molar-refractivity contribution in [3.63, 3.8) is 0 Å². The first kappa shape index (κ1) is 24.2. The zero-order valence-corrected chi connectivity index (χ0v) is 19.3. The van der Waals surface area contributed by atoms with Crippen LogP contribution in [0.3, 0.4) is 0 Å². The van der Waals surface area contributed by atoms with Gasteiger partial charge in [-0.05, 0) is 57.0 Å². The molecule has 0 N–H and O–H groups in total. The molecule has 0 amide bonds. The first-order valence-corrected chi connectivity index (χ1v) is 15.5. The average Bonchev–Trinajstić information content (AvgIpc) is 2.46. The van der Waals surface area contributed by atoms with Crippen molar-refractivity contribution >= 4 is 34.2 Å². The SMILES string of the molecule is COC(=O)C(O[Si](C)(C)C)(C(O[Si](C)(C)C)c1cccc(Cl)c1)C(F)(F)F. The predicted molar refractivity (Wildman–Crippen MR) is 104 cm³/mol. The van der Waals surface area contributed by atoms with Crippen molar-refractivity contribution in [3.8, 4) is 0 Å². The first-order valence-electron chi connectivity index (χ1n) is 8.32. The number of carbonyl (C=O) groups is 1. The summed E-state index contributed by atoms with van der Waals surface area (Å²) in [6.07, 6.45) is -6.82. The number of hydrogen-bond donors (Lipinski definition) is 0. The summed E-state index contributed by atoms with van der Waals surface area (Å²) < 4.78 is 59.4. The second-order valence-corrected chi connectivity index (χ2v) is 17.4. The maximum absolute atomic E-state index is 14.5. The van der Waals surface area contributed by atoms with Crippen LogP contribution in [-0.2, 0) is 18.4 Å². The monoisotopic (exact) mass is 442 g/mol. The minimum atomic E-state index is -5.08. The van der Waals surface area contributed by atoms with Gasteiger partial charge in [0, 0.05) is 5.02 Å². The maximum atomic E-state index is 14.5. The van der Waals surface area contributed by atoms with Crippen molar-refractivity contribution in [3.05, 3.63) is 34.9 Å². The molecule has 0 fully saturated rings. The molecule has 0 aromatic heterocycles. The van der Waals surface area contributed by atoms with Crippen LogP contribution in [0.15, 0.2) is 24.3 Å². The summed E-state index contributed by atoms with van der Waals surface area (Å²) in [5.41, 5.74) is -3.19. The van der Waals surface area contributed by atoms with Crippen molar-refractivity contribution in [2.75, 3.05) is 7.11 Å². The van der Waals surface area contributed by atoms with E-state index in [0.717, 1.165) is 7.11 Å². The molecule has 27 heavy (non-hydrogen) atoms. The Morgan fingerprint density at radius 2 is 1.63 bits per heavy atom. The Morgan fingerprint density at radius 1 is 1.07 bits per heavy atom. The minimum Gasteiger partial charge on any atom is -0.467 e. The van der Waals surface area contributed by atoms with Gasteiger partial charge in [0.2, 0.25) is 0 Å². The lowest BCUT2D eigenvalue weighted by molar-refractivity contribution is -0.279. The van der Waals surface area contributed by atoms with Crippen LogP contribution in [0.25, 0.3) is 0 Å². The van der Waals surface area contributed by atoms with Gasteiger partial charge in [-0.1, -0.05) is 23.7 Å². The van der Waals surface area contributed by atoms with Crippen molar-refractivity contribution in [1.82, 2.24) is 0 Å². The molecule has 0 bridgehead atoms. The lowest BCUT2D eigenvalue weighted by Crippen LogP contribution is -2.64. The topological polar surface area (TPSA) is 44.8 Å². The number of methoxy groups -OCH3 is 1. The van der Waals surface area contributed by atoms with E-state index in [4.69, 9.17) is 20.5 Å². The van der Waals surface area contributed by atoms with Gasteiger partial charge in [0.05, 0.1) is 7.11 Å². The van der Waals surface area contributed by atoms with Crippen molar-refractivity contribution < 1.29 is 31.6 Å². The number of ether oxygens (including phenoxy) is 1. The highest BCUT2D eigenvalue weighted by Crippen LogP contribution is 2.48. The second-order valence-electron chi connectivity index (χ2n) is 8.10. The van der Waals surface area contributed by atoms with Crippen LogP contribution in [0, 0.1) is 0 Å². The summed E-state index contributed by atoms with van der Waals surface area (Å²) in [4.78, 5) is 12.6. The fraction of sp³-hybridized carbons (Fsp3) is 0.588. The third-order valence-electron chi connectivity index (χ3n) is 3.37. The molecule has 154 valence electrons. The third-order valence-corrected chi connectivity index (χ3v) is 5.48. The predicted octanol–water partition coefficient (Wildman–Crippen LogP) is 5.56. The normalized spacial score (nSPS) is 16.6. The Kier molecular flexibility index (Phi) is 7.37. The molecule has 0 saturated heterocycles. The highest BCUT2D eigenvalue weighted by Gasteiger charge is 2.69. The van der Waals surface area contributed by atoms with Crippen LogP contribution in [0.4, 0.5) is 13.2 Å². The molecule has 0 heterocycles. The number of alkyl halides is 3. The van der Waals surface area contributed by atoms with Crippen LogP contribution in [-0.4, -0.2) is 41.5 Å². The number of halogens is 4. The molecule has 4 nitrogen and oxygen atoms in total. The molecule has 1 aromatic carbocycles. The molecular formula is C17H26ClF3O4Si2. The highest BCUT2D eigenvalue weighted by atomic mass is 35.5. The van der Waals surface area contributed by atoms with E-state index in [1.165, 1.54) is 24.3 Å². The number of hydrogen-bond acceptors (Lipinski definition) is 4. The van der Waals surface area contributed by atoms with E-state index >= 15 is 0 Å². The smallest absolute Gasteiger partial charge is 0.430 e. The Labute approximate surface area is 165 Å². The summed E-state index contributed by atoms with van der Waals surface area (Å²) in [6, 6.07) is 5.83. The van der Waals surface area contributed by atoms with Crippen LogP contribution in [0.2, 0.25) is 44.3 Å². The van der Waals surface area contributed by atoms with Gasteiger partial charge in [-0.15, -0.1) is 0 Å². The van der Waals surface area contributed by atoms with Crippen LogP contribution < -0.4 is 0 Å². The Bertz CT molecular complexity index is 671. The Hall–Kier alpha value is -0.876. The second kappa shape index (κ2) is 8.24. The molecule has 0 aliphatic rings.